The number of rotatable bonds is 6. The van der Waals surface area contributed by atoms with Crippen molar-refractivity contribution in [1.82, 2.24) is 5.32 Å². The number of carboxylic acids is 1. The standard InChI is InChI=1S/C15H20N2O4/c1-2-15(7-8-15)10-16-14(21)17(9-13(19)20)11-3-5-12(18)6-4-11/h3-6,18H,2,7-10H2,1H3,(H,16,21)(H,19,20). The highest BCUT2D eigenvalue weighted by Crippen LogP contribution is 2.47. The minimum Gasteiger partial charge on any atom is -0.508 e. The summed E-state index contributed by atoms with van der Waals surface area (Å²) < 4.78 is 0. The van der Waals surface area contributed by atoms with Crippen LogP contribution in [0.25, 0.3) is 0 Å². The Balaban J connectivity index is 2.06. The quantitative estimate of drug-likeness (QED) is 0.749. The molecule has 0 radical (unpaired) electrons. The van der Waals surface area contributed by atoms with Gasteiger partial charge in [-0.3, -0.25) is 9.69 Å². The second-order valence-electron chi connectivity index (χ2n) is 5.51. The van der Waals surface area contributed by atoms with E-state index in [1.54, 1.807) is 0 Å². The normalized spacial score (nSPS) is 15.3. The van der Waals surface area contributed by atoms with Gasteiger partial charge in [-0.25, -0.2) is 4.79 Å². The monoisotopic (exact) mass is 292 g/mol. The average molecular weight is 292 g/mol. The maximum Gasteiger partial charge on any atom is 0.323 e. The smallest absolute Gasteiger partial charge is 0.323 e. The van der Waals surface area contributed by atoms with Gasteiger partial charge in [0.2, 0.25) is 0 Å². The molecule has 0 spiro atoms. The van der Waals surface area contributed by atoms with E-state index in [1.807, 2.05) is 0 Å². The zero-order valence-corrected chi connectivity index (χ0v) is 12.0. The molecule has 1 aromatic rings. The summed E-state index contributed by atoms with van der Waals surface area (Å²) in [7, 11) is 0. The highest BCUT2D eigenvalue weighted by Gasteiger charge is 2.41. The van der Waals surface area contributed by atoms with E-state index < -0.39 is 18.5 Å². The number of benzene rings is 1. The van der Waals surface area contributed by atoms with Crippen LogP contribution in [-0.2, 0) is 4.79 Å². The van der Waals surface area contributed by atoms with Crippen LogP contribution in [0.2, 0.25) is 0 Å². The van der Waals surface area contributed by atoms with Gasteiger partial charge in [0.15, 0.2) is 0 Å². The summed E-state index contributed by atoms with van der Waals surface area (Å²) in [6.07, 6.45) is 3.20. The Morgan fingerprint density at radius 1 is 1.29 bits per heavy atom. The highest BCUT2D eigenvalue weighted by molar-refractivity contribution is 5.96. The van der Waals surface area contributed by atoms with Crippen molar-refractivity contribution in [1.29, 1.82) is 0 Å². The van der Waals surface area contributed by atoms with E-state index in [0.29, 0.717) is 12.2 Å². The van der Waals surface area contributed by atoms with Crippen molar-refractivity contribution in [3.8, 4) is 5.75 Å². The number of nitrogens with zero attached hydrogens (tertiary/aromatic N) is 1. The van der Waals surface area contributed by atoms with Gasteiger partial charge in [-0.05, 0) is 48.9 Å². The van der Waals surface area contributed by atoms with Crippen molar-refractivity contribution >= 4 is 17.7 Å². The summed E-state index contributed by atoms with van der Waals surface area (Å²) in [6.45, 7) is 2.24. The van der Waals surface area contributed by atoms with Crippen molar-refractivity contribution in [2.75, 3.05) is 18.0 Å². The summed E-state index contributed by atoms with van der Waals surface area (Å²) in [6, 6.07) is 5.45. The SMILES string of the molecule is CCC1(CNC(=O)N(CC(=O)O)c2ccc(O)cc2)CC1. The van der Waals surface area contributed by atoms with Gasteiger partial charge in [-0.2, -0.15) is 0 Å². The maximum atomic E-state index is 12.2. The van der Waals surface area contributed by atoms with Crippen LogP contribution in [0.15, 0.2) is 24.3 Å². The number of aromatic hydroxyl groups is 1. The number of carbonyl (C=O) groups is 2. The average Bonchev–Trinajstić information content (AvgIpc) is 3.24. The Morgan fingerprint density at radius 3 is 2.38 bits per heavy atom. The van der Waals surface area contributed by atoms with Crippen LogP contribution in [0.1, 0.15) is 26.2 Å². The van der Waals surface area contributed by atoms with Crippen molar-refractivity contribution in [3.63, 3.8) is 0 Å². The molecule has 0 aliphatic heterocycles. The first-order chi connectivity index (χ1) is 9.96. The molecule has 1 aromatic carbocycles. The number of aliphatic carboxylic acids is 1. The minimum atomic E-state index is -1.09. The molecule has 1 saturated carbocycles. The van der Waals surface area contributed by atoms with E-state index in [-0.39, 0.29) is 11.2 Å². The molecule has 0 unspecified atom stereocenters. The fourth-order valence-electron chi connectivity index (χ4n) is 2.24. The summed E-state index contributed by atoms with van der Waals surface area (Å²) in [4.78, 5) is 24.4. The largest absolute Gasteiger partial charge is 0.508 e. The van der Waals surface area contributed by atoms with Crippen LogP contribution >= 0.6 is 0 Å². The Kier molecular flexibility index (Phi) is 4.35. The van der Waals surface area contributed by atoms with E-state index in [2.05, 4.69) is 12.2 Å². The first-order valence-corrected chi connectivity index (χ1v) is 7.02. The first kappa shape index (κ1) is 15.2. The summed E-state index contributed by atoms with van der Waals surface area (Å²) >= 11 is 0. The Bertz CT molecular complexity index is 523. The van der Waals surface area contributed by atoms with E-state index >= 15 is 0 Å². The second kappa shape index (κ2) is 6.03. The molecule has 0 heterocycles. The number of phenolic OH excluding ortho intramolecular Hbond substituents is 1. The van der Waals surface area contributed by atoms with E-state index in [1.165, 1.54) is 24.3 Å². The van der Waals surface area contributed by atoms with Crippen LogP contribution in [0.3, 0.4) is 0 Å². The third-order valence-electron chi connectivity index (χ3n) is 4.02. The van der Waals surface area contributed by atoms with Gasteiger partial charge in [-0.1, -0.05) is 6.92 Å². The fraction of sp³-hybridized carbons (Fsp3) is 0.467. The zero-order valence-electron chi connectivity index (χ0n) is 12.0. The maximum absolute atomic E-state index is 12.2. The van der Waals surface area contributed by atoms with Gasteiger partial charge < -0.3 is 15.5 Å². The minimum absolute atomic E-state index is 0.0670. The molecule has 6 heteroatoms. The van der Waals surface area contributed by atoms with Crippen LogP contribution < -0.4 is 10.2 Å². The van der Waals surface area contributed by atoms with E-state index in [0.717, 1.165) is 24.2 Å². The Morgan fingerprint density at radius 2 is 1.90 bits per heavy atom. The number of urea groups is 1. The predicted octanol–water partition coefficient (Wildman–Crippen LogP) is 2.18. The van der Waals surface area contributed by atoms with Gasteiger partial charge in [0.25, 0.3) is 0 Å². The molecule has 1 aliphatic rings. The Hall–Kier alpha value is -2.24. The second-order valence-corrected chi connectivity index (χ2v) is 5.51. The van der Waals surface area contributed by atoms with Crippen LogP contribution in [0.4, 0.5) is 10.5 Å². The predicted molar refractivity (Wildman–Crippen MR) is 78.4 cm³/mol. The molecule has 3 N–H and O–H groups in total. The lowest BCUT2D eigenvalue weighted by molar-refractivity contribution is -0.135. The topological polar surface area (TPSA) is 89.9 Å². The van der Waals surface area contributed by atoms with Gasteiger partial charge in [0.05, 0.1) is 0 Å². The molecule has 1 aliphatic carbocycles. The third kappa shape index (κ3) is 3.87. The molecular weight excluding hydrogens is 272 g/mol. The fourth-order valence-corrected chi connectivity index (χ4v) is 2.24. The molecule has 0 atom stereocenters. The molecule has 0 saturated heterocycles. The third-order valence-corrected chi connectivity index (χ3v) is 4.02. The lowest BCUT2D eigenvalue weighted by atomic mass is 10.0. The molecule has 6 nitrogen and oxygen atoms in total. The number of carboxylic acid groups (broad SMARTS) is 1. The van der Waals surface area contributed by atoms with Crippen LogP contribution in [-0.4, -0.2) is 35.3 Å². The van der Waals surface area contributed by atoms with Crippen molar-refractivity contribution < 1.29 is 19.8 Å². The van der Waals surface area contributed by atoms with Crippen molar-refractivity contribution in [2.45, 2.75) is 26.2 Å². The summed E-state index contributed by atoms with van der Waals surface area (Å²) in [5, 5.41) is 21.1. The number of carbonyl (C=O) groups excluding carboxylic acids is 1. The number of hydrogen-bond donors (Lipinski definition) is 3. The van der Waals surface area contributed by atoms with Crippen molar-refractivity contribution in [2.24, 2.45) is 5.41 Å². The highest BCUT2D eigenvalue weighted by atomic mass is 16.4. The van der Waals surface area contributed by atoms with Gasteiger partial charge in [0, 0.05) is 12.2 Å². The number of nitrogens with one attached hydrogen (secondary N) is 1. The molecule has 21 heavy (non-hydrogen) atoms. The van der Waals surface area contributed by atoms with E-state index in [9.17, 15) is 14.7 Å². The number of anilines is 1. The summed E-state index contributed by atoms with van der Waals surface area (Å²) in [5.41, 5.74) is 0.633. The zero-order chi connectivity index (χ0) is 15.5. The van der Waals surface area contributed by atoms with Crippen LogP contribution in [0, 0.1) is 5.41 Å². The van der Waals surface area contributed by atoms with Gasteiger partial charge >= 0.3 is 12.0 Å². The Labute approximate surface area is 123 Å². The first-order valence-electron chi connectivity index (χ1n) is 7.02. The molecule has 1 fully saturated rings. The lowest BCUT2D eigenvalue weighted by Crippen LogP contribution is -2.44. The summed E-state index contributed by atoms with van der Waals surface area (Å²) in [5.74, 6) is -1.02. The van der Waals surface area contributed by atoms with Gasteiger partial charge in [0.1, 0.15) is 12.3 Å². The molecular formula is C15H20N2O4. The lowest BCUT2D eigenvalue weighted by Gasteiger charge is -2.23. The van der Waals surface area contributed by atoms with E-state index in [4.69, 9.17) is 5.11 Å². The number of phenols is 1. The molecule has 114 valence electrons. The van der Waals surface area contributed by atoms with Crippen molar-refractivity contribution in [3.05, 3.63) is 24.3 Å². The molecule has 2 rings (SSSR count). The molecule has 0 aromatic heterocycles. The number of hydrogen-bond acceptors (Lipinski definition) is 3. The van der Waals surface area contributed by atoms with Crippen LogP contribution in [0.5, 0.6) is 5.75 Å². The molecule has 2 amide bonds. The molecule has 0 bridgehead atoms. The van der Waals surface area contributed by atoms with Gasteiger partial charge in [-0.15, -0.1) is 0 Å². The number of amides is 2.